The zero-order valence-electron chi connectivity index (χ0n) is 56.2. The molecule has 6 atom stereocenters. The number of carboxylic acid groups (broad SMARTS) is 4. The number of carbonyl (C=O) groups excluding carboxylic acids is 11. The van der Waals surface area contributed by atoms with Crippen molar-refractivity contribution in [3.63, 3.8) is 0 Å². The quantitative estimate of drug-likeness (QED) is 0.0361. The first-order valence-electron chi connectivity index (χ1n) is 32.4. The second kappa shape index (κ2) is 42.8. The van der Waals surface area contributed by atoms with Crippen LogP contribution >= 0.6 is 0 Å². The number of benzene rings is 3. The van der Waals surface area contributed by atoms with Crippen molar-refractivity contribution >= 4 is 100 Å². The molecule has 3 rings (SSSR count). The molecular formula is C67H93N11O20. The predicted molar refractivity (Wildman–Crippen MR) is 356 cm³/mol. The summed E-state index contributed by atoms with van der Waals surface area (Å²) in [4.78, 5) is 191. The molecule has 0 aliphatic carbocycles. The van der Waals surface area contributed by atoms with Crippen molar-refractivity contribution in [1.29, 1.82) is 0 Å². The SMILES string of the molecule is CCCCOc1ccc(C(=O)NCCC(=O)Nc2ccc(C(=O)NCCC(=O)Nc3ccc(C(=O)NCCCCCC(=O)N[C@@H](CC(C)C)C(=O)N[C@@H](CC(C)C)C(=O)N[C@@H](CC(C)C)C(=O)N[C@@H](CC(=O)O)C(=O)N[C@@H](CC(=O)O)C(=O)N[C@@H](CC(=O)O)C(=O)O)cc3)cc2)cc1. The maximum absolute atomic E-state index is 14.0. The highest BCUT2D eigenvalue weighted by Crippen LogP contribution is 2.17. The molecular weight excluding hydrogens is 1280 g/mol. The molecule has 15 N–H and O–H groups in total. The summed E-state index contributed by atoms with van der Waals surface area (Å²) in [7, 11) is 0. The predicted octanol–water partition coefficient (Wildman–Crippen LogP) is 3.23. The van der Waals surface area contributed by atoms with E-state index in [1.54, 1.807) is 76.2 Å². The molecule has 31 heteroatoms. The van der Waals surface area contributed by atoms with Crippen LogP contribution in [0.25, 0.3) is 0 Å². The smallest absolute Gasteiger partial charge is 0.326 e. The van der Waals surface area contributed by atoms with Crippen LogP contribution in [0.1, 0.15) is 169 Å². The fourth-order valence-corrected chi connectivity index (χ4v) is 9.45. The number of unbranched alkanes of at least 4 members (excludes halogenated alkanes) is 3. The Balaban J connectivity index is 1.45. The zero-order chi connectivity index (χ0) is 73.0. The number of anilines is 2. The van der Waals surface area contributed by atoms with E-state index in [-0.39, 0.29) is 93.6 Å². The molecule has 11 amide bonds. The Bertz CT molecular complexity index is 3230. The van der Waals surface area contributed by atoms with Gasteiger partial charge in [-0.25, -0.2) is 4.79 Å². The van der Waals surface area contributed by atoms with Gasteiger partial charge in [0.25, 0.3) is 17.7 Å². The van der Waals surface area contributed by atoms with E-state index >= 15 is 0 Å². The van der Waals surface area contributed by atoms with Crippen molar-refractivity contribution in [1.82, 2.24) is 47.9 Å². The van der Waals surface area contributed by atoms with Gasteiger partial charge in [-0.1, -0.05) is 61.3 Å². The Morgan fingerprint density at radius 2 is 0.704 bits per heavy atom. The van der Waals surface area contributed by atoms with Gasteiger partial charge in [0.2, 0.25) is 47.3 Å². The Labute approximate surface area is 567 Å². The van der Waals surface area contributed by atoms with Crippen LogP contribution in [0.4, 0.5) is 11.4 Å². The van der Waals surface area contributed by atoms with E-state index in [1.807, 2.05) is 24.5 Å². The van der Waals surface area contributed by atoms with Crippen LogP contribution in [0.5, 0.6) is 5.75 Å². The van der Waals surface area contributed by atoms with Gasteiger partial charge in [-0.05, 0) is 129 Å². The minimum Gasteiger partial charge on any atom is -0.494 e. The number of carbonyl (C=O) groups is 15. The lowest BCUT2D eigenvalue weighted by Gasteiger charge is -2.28. The topological polar surface area (TPSA) is 479 Å². The first kappa shape index (κ1) is 81.7. The average Bonchev–Trinajstić information content (AvgIpc) is 1.41. The van der Waals surface area contributed by atoms with Gasteiger partial charge < -0.3 is 83.6 Å². The van der Waals surface area contributed by atoms with Crippen molar-refractivity contribution in [3.05, 3.63) is 89.5 Å². The lowest BCUT2D eigenvalue weighted by atomic mass is 9.98. The van der Waals surface area contributed by atoms with E-state index in [1.165, 1.54) is 24.3 Å². The number of ether oxygens (including phenoxy) is 1. The molecule has 3 aromatic rings. The number of nitrogens with one attached hydrogen (secondary N) is 11. The minimum atomic E-state index is -2.08. The van der Waals surface area contributed by atoms with Gasteiger partial charge in [-0.15, -0.1) is 0 Å². The highest BCUT2D eigenvalue weighted by molar-refractivity contribution is 6.01. The van der Waals surface area contributed by atoms with E-state index in [9.17, 15) is 87.2 Å². The molecule has 0 aliphatic heterocycles. The summed E-state index contributed by atoms with van der Waals surface area (Å²) in [6.07, 6.45) is -0.0182. The van der Waals surface area contributed by atoms with Crippen LogP contribution in [0.15, 0.2) is 72.8 Å². The van der Waals surface area contributed by atoms with E-state index in [0.29, 0.717) is 59.7 Å². The van der Waals surface area contributed by atoms with Crippen LogP contribution in [-0.4, -0.2) is 172 Å². The number of amides is 11. The average molecular weight is 1370 g/mol. The lowest BCUT2D eigenvalue weighted by Crippen LogP contribution is -2.60. The third kappa shape index (κ3) is 32.3. The lowest BCUT2D eigenvalue weighted by molar-refractivity contribution is -0.148. The zero-order valence-corrected chi connectivity index (χ0v) is 56.2. The third-order valence-corrected chi connectivity index (χ3v) is 14.4. The summed E-state index contributed by atoms with van der Waals surface area (Å²) >= 11 is 0. The molecule has 98 heavy (non-hydrogen) atoms. The summed E-state index contributed by atoms with van der Waals surface area (Å²) in [5, 5.41) is 65.1. The molecule has 0 saturated heterocycles. The number of carboxylic acids is 4. The van der Waals surface area contributed by atoms with Crippen molar-refractivity contribution in [2.75, 3.05) is 36.9 Å². The fourth-order valence-electron chi connectivity index (χ4n) is 9.45. The molecule has 0 radical (unpaired) electrons. The van der Waals surface area contributed by atoms with E-state index in [0.717, 1.165) is 12.8 Å². The normalized spacial score (nSPS) is 12.8. The van der Waals surface area contributed by atoms with Crippen molar-refractivity contribution in [3.8, 4) is 5.75 Å². The number of rotatable bonds is 45. The van der Waals surface area contributed by atoms with Gasteiger partial charge in [0.05, 0.1) is 25.9 Å². The molecule has 0 heterocycles. The Morgan fingerprint density at radius 1 is 0.367 bits per heavy atom. The van der Waals surface area contributed by atoms with Gasteiger partial charge >= 0.3 is 23.9 Å². The largest absolute Gasteiger partial charge is 0.494 e. The number of hydrogen-bond donors (Lipinski definition) is 15. The maximum Gasteiger partial charge on any atom is 0.326 e. The van der Waals surface area contributed by atoms with Crippen LogP contribution < -0.4 is 63.2 Å². The van der Waals surface area contributed by atoms with Crippen LogP contribution in [-0.2, 0) is 57.5 Å². The van der Waals surface area contributed by atoms with E-state index < -0.39 is 127 Å². The van der Waals surface area contributed by atoms with Crippen LogP contribution in [0, 0.1) is 17.8 Å². The van der Waals surface area contributed by atoms with Crippen molar-refractivity contribution in [2.24, 2.45) is 17.8 Å². The molecule has 3 aromatic carbocycles. The maximum atomic E-state index is 14.0. The van der Waals surface area contributed by atoms with E-state index in [4.69, 9.17) is 9.84 Å². The summed E-state index contributed by atoms with van der Waals surface area (Å²) in [5.74, 6) is -14.6. The molecule has 0 spiro atoms. The molecule has 0 aromatic heterocycles. The second-order valence-corrected chi connectivity index (χ2v) is 24.5. The third-order valence-electron chi connectivity index (χ3n) is 14.4. The molecule has 536 valence electrons. The molecule has 0 fully saturated rings. The number of aliphatic carboxylic acids is 4. The molecule has 0 aliphatic rings. The summed E-state index contributed by atoms with van der Waals surface area (Å²) < 4.78 is 5.62. The monoisotopic (exact) mass is 1370 g/mol. The van der Waals surface area contributed by atoms with Gasteiger partial charge in [0, 0.05) is 67.0 Å². The first-order valence-corrected chi connectivity index (χ1v) is 32.4. The Hall–Kier alpha value is -10.5. The minimum absolute atomic E-state index is 0.0134. The first-order chi connectivity index (χ1) is 46.3. The van der Waals surface area contributed by atoms with Crippen LogP contribution in [0.2, 0.25) is 0 Å². The Morgan fingerprint density at radius 3 is 1.07 bits per heavy atom. The standard InChI is InChI=1S/C67H93N11O20/c1-8-9-31-98-46-24-18-43(19-25-46)61(90)70-30-27-55(81)72-45-22-16-42(17-23-45)60(89)69-29-26-54(80)71-44-20-14-41(15-21-44)59(88)68-28-12-10-11-13-53(79)73-47(32-38(2)3)62(91)74-48(33-39(4)5)63(92)75-49(34-40(6)7)64(93)76-50(35-56(82)83)65(94)77-51(36-57(84)85)66(95)78-52(67(96)97)37-58(86)87/h14-25,38-40,47-52H,8-13,26-37H2,1-7H3,(H,68,88)(H,69,89)(H,70,90)(H,71,80)(H,72,81)(H,73,79)(H,74,91)(H,75,92)(H,76,93)(H,77,94)(H,78,95)(H,82,83)(H,84,85)(H,86,87)(H,96,97)/t47-,48-,49-,50-,51-,52-/m0/s1. The van der Waals surface area contributed by atoms with Gasteiger partial charge in [-0.2, -0.15) is 0 Å². The fraction of sp³-hybridized carbons (Fsp3) is 0.507. The molecule has 0 bridgehead atoms. The van der Waals surface area contributed by atoms with Gasteiger partial charge in [0.15, 0.2) is 0 Å². The van der Waals surface area contributed by atoms with Crippen LogP contribution in [0.3, 0.4) is 0 Å². The number of hydrogen-bond acceptors (Lipinski definition) is 16. The van der Waals surface area contributed by atoms with Gasteiger partial charge in [0.1, 0.15) is 42.0 Å². The highest BCUT2D eigenvalue weighted by atomic mass is 16.5. The molecule has 0 unspecified atom stereocenters. The van der Waals surface area contributed by atoms with Crippen molar-refractivity contribution in [2.45, 2.75) is 175 Å². The second-order valence-electron chi connectivity index (χ2n) is 24.5. The molecule has 0 saturated carbocycles. The molecule has 31 nitrogen and oxygen atoms in total. The Kier molecular flexibility index (Phi) is 35.7. The van der Waals surface area contributed by atoms with E-state index in [2.05, 4.69) is 54.8 Å². The van der Waals surface area contributed by atoms with Gasteiger partial charge in [-0.3, -0.25) is 67.1 Å². The van der Waals surface area contributed by atoms with Crippen molar-refractivity contribution < 1.29 is 97.1 Å². The summed E-state index contributed by atoms with van der Waals surface area (Å²) in [6, 6.07) is 9.05. The summed E-state index contributed by atoms with van der Waals surface area (Å²) in [6.45, 7) is 13.6. The highest BCUT2D eigenvalue weighted by Gasteiger charge is 2.36. The summed E-state index contributed by atoms with van der Waals surface area (Å²) in [5.41, 5.74) is 1.91.